The molecule has 0 N–H and O–H groups in total. The Labute approximate surface area is 269 Å². The van der Waals surface area contributed by atoms with Crippen LogP contribution in [0, 0.1) is 0 Å². The van der Waals surface area contributed by atoms with Gasteiger partial charge in [0.2, 0.25) is 0 Å². The fraction of sp³-hybridized carbons (Fsp3) is 0. The number of benzene rings is 7. The van der Waals surface area contributed by atoms with Gasteiger partial charge in [-0.1, -0.05) is 97.0 Å². The van der Waals surface area contributed by atoms with Crippen molar-refractivity contribution in [2.75, 3.05) is 0 Å². The van der Waals surface area contributed by atoms with Gasteiger partial charge in [-0.15, -0.1) is 0 Å². The molecule has 0 saturated heterocycles. The molecule has 3 aromatic heterocycles. The van der Waals surface area contributed by atoms with Crippen molar-refractivity contribution in [3.8, 4) is 17.1 Å². The second kappa shape index (κ2) is 9.22. The van der Waals surface area contributed by atoms with E-state index in [1.165, 1.54) is 0 Å². The lowest BCUT2D eigenvalue weighted by molar-refractivity contribution is 1.15. The van der Waals surface area contributed by atoms with Crippen molar-refractivity contribution in [3.05, 3.63) is 164 Å². The number of hydrogen-bond donors (Lipinski definition) is 0. The second-order valence-electron chi connectivity index (χ2n) is 11.3. The van der Waals surface area contributed by atoms with E-state index < -0.39 is 12.1 Å². The molecule has 0 saturated carbocycles. The summed E-state index contributed by atoms with van der Waals surface area (Å²) >= 11 is 0. The third-order valence-electron chi connectivity index (χ3n) is 8.88. The van der Waals surface area contributed by atoms with Crippen molar-refractivity contribution < 1.29 is 9.60 Å². The first kappa shape index (κ1) is 18.6. The molecule has 0 unspecified atom stereocenters. The smallest absolute Gasteiger partial charge is 0.0652 e. The summed E-state index contributed by atoms with van der Waals surface area (Å²) in [6, 6.07) is 37.7. The van der Waals surface area contributed by atoms with Crippen LogP contribution in [0.15, 0.2) is 164 Å². The Morgan fingerprint density at radius 2 is 0.867 bits per heavy atom. The van der Waals surface area contributed by atoms with Crippen molar-refractivity contribution in [1.82, 2.24) is 13.7 Å². The number of para-hydroxylation sites is 5. The third-order valence-corrected chi connectivity index (χ3v) is 8.88. The van der Waals surface area contributed by atoms with Gasteiger partial charge in [0.15, 0.2) is 0 Å². The molecule has 0 aliphatic heterocycles. The lowest BCUT2D eigenvalue weighted by Gasteiger charge is -2.12. The van der Waals surface area contributed by atoms with E-state index in [-0.39, 0.29) is 57.7 Å². The molecule has 0 radical (unpaired) electrons. The third kappa shape index (κ3) is 3.41. The summed E-state index contributed by atoms with van der Waals surface area (Å²) in [4.78, 5) is 0. The molecule has 10 aromatic rings. The zero-order valence-corrected chi connectivity index (χ0v) is 23.9. The predicted octanol–water partition coefficient (Wildman–Crippen LogP) is 11.0. The fourth-order valence-electron chi connectivity index (χ4n) is 6.99. The van der Waals surface area contributed by atoms with E-state index in [2.05, 4.69) is 16.7 Å². The molecule has 0 spiro atoms. The van der Waals surface area contributed by atoms with Crippen LogP contribution in [0.2, 0.25) is 0 Å². The highest BCUT2D eigenvalue weighted by Gasteiger charge is 2.18. The molecule has 10 rings (SSSR count). The summed E-state index contributed by atoms with van der Waals surface area (Å²) in [7, 11) is 0. The van der Waals surface area contributed by atoms with Crippen molar-refractivity contribution >= 4 is 65.4 Å². The molecule has 0 bridgehead atoms. The van der Waals surface area contributed by atoms with Crippen molar-refractivity contribution in [3.63, 3.8) is 0 Å². The summed E-state index contributed by atoms with van der Waals surface area (Å²) in [5, 5.41) is 4.27. The zero-order chi connectivity index (χ0) is 35.6. The van der Waals surface area contributed by atoms with Gasteiger partial charge in [-0.05, 0) is 66.6 Å². The van der Waals surface area contributed by atoms with Crippen molar-refractivity contribution in [2.24, 2.45) is 0 Å². The maximum absolute atomic E-state index is 9.81. The van der Waals surface area contributed by atoms with Gasteiger partial charge >= 0.3 is 0 Å². The molecular weight excluding hydrogens is 546 g/mol. The maximum atomic E-state index is 9.81. The number of fused-ring (bicyclic) bond motifs is 9. The summed E-state index contributed by atoms with van der Waals surface area (Å²) in [5.41, 5.74) is 5.44. The van der Waals surface area contributed by atoms with E-state index in [1.54, 1.807) is 4.57 Å². The molecule has 0 aliphatic carbocycles. The molecule has 0 amide bonds. The summed E-state index contributed by atoms with van der Waals surface area (Å²) in [6.07, 6.45) is 0. The monoisotopic (exact) mass is 580 g/mol. The first-order valence-corrected chi connectivity index (χ1v) is 14.9. The normalized spacial score (nSPS) is 14.2. The van der Waals surface area contributed by atoms with E-state index in [9.17, 15) is 5.48 Å². The van der Waals surface area contributed by atoms with Crippen LogP contribution in [0.3, 0.4) is 0 Å². The van der Waals surface area contributed by atoms with Crippen LogP contribution in [0.25, 0.3) is 82.5 Å². The number of aromatic nitrogens is 3. The Kier molecular flexibility index (Phi) is 3.80. The van der Waals surface area contributed by atoms with Gasteiger partial charge in [-0.25, -0.2) is 0 Å². The maximum Gasteiger partial charge on any atom is 0.0652 e. The van der Waals surface area contributed by atoms with Gasteiger partial charge in [-0.2, -0.15) is 0 Å². The standard InChI is InChI=1S/C42H27N3/c1-2-12-28(13-3-1)43-37-18-8-6-16-33(37)35-24-22-30(27-42(35)43)45-40-21-11-7-17-34(40)36-26-29(23-25-41(36)45)44-38-19-9-4-14-31(38)32-15-5-10-20-39(32)44/h1-27H/i7D,11D,17D,21D,23D,25D,26D. The molecule has 0 fully saturated rings. The topological polar surface area (TPSA) is 14.8 Å². The van der Waals surface area contributed by atoms with Crippen molar-refractivity contribution in [1.29, 1.82) is 0 Å². The van der Waals surface area contributed by atoms with E-state index >= 15 is 0 Å². The number of nitrogens with zero attached hydrogens (tertiary/aromatic N) is 3. The van der Waals surface area contributed by atoms with Crippen LogP contribution in [-0.4, -0.2) is 13.7 Å². The minimum absolute atomic E-state index is 0.0873. The molecule has 0 aliphatic rings. The molecule has 210 valence electrons. The largest absolute Gasteiger partial charge is 0.309 e. The van der Waals surface area contributed by atoms with E-state index in [4.69, 9.17) is 4.11 Å². The fourth-order valence-corrected chi connectivity index (χ4v) is 6.99. The zero-order valence-electron chi connectivity index (χ0n) is 30.9. The highest BCUT2D eigenvalue weighted by atomic mass is 15.0. The van der Waals surface area contributed by atoms with Crippen LogP contribution in [0.5, 0.6) is 0 Å². The van der Waals surface area contributed by atoms with Gasteiger partial charge in [0, 0.05) is 49.4 Å². The Balaban J connectivity index is 1.39. The Morgan fingerprint density at radius 1 is 0.333 bits per heavy atom. The van der Waals surface area contributed by atoms with Gasteiger partial charge in [0.25, 0.3) is 0 Å². The summed E-state index contributed by atoms with van der Waals surface area (Å²) in [6.45, 7) is 0. The average molecular weight is 581 g/mol. The number of hydrogen-bond acceptors (Lipinski definition) is 0. The van der Waals surface area contributed by atoms with Crippen LogP contribution in [-0.2, 0) is 0 Å². The van der Waals surface area contributed by atoms with Gasteiger partial charge in [0.05, 0.1) is 42.7 Å². The molecular formula is C42H27N3. The van der Waals surface area contributed by atoms with Crippen molar-refractivity contribution in [2.45, 2.75) is 0 Å². The second-order valence-corrected chi connectivity index (χ2v) is 11.3. The van der Waals surface area contributed by atoms with E-state index in [0.717, 1.165) is 49.3 Å². The lowest BCUT2D eigenvalue weighted by atomic mass is 10.1. The molecule has 0 atom stereocenters. The van der Waals surface area contributed by atoms with Gasteiger partial charge in [0.1, 0.15) is 0 Å². The van der Waals surface area contributed by atoms with E-state index in [0.29, 0.717) is 5.69 Å². The van der Waals surface area contributed by atoms with Gasteiger partial charge < -0.3 is 13.7 Å². The highest BCUT2D eigenvalue weighted by molar-refractivity contribution is 6.13. The predicted molar refractivity (Wildman–Crippen MR) is 189 cm³/mol. The summed E-state index contributed by atoms with van der Waals surface area (Å²) < 4.78 is 70.3. The molecule has 7 aromatic carbocycles. The highest BCUT2D eigenvalue weighted by Crippen LogP contribution is 2.39. The average Bonchev–Trinajstić information content (AvgIpc) is 3.82. The first-order chi connectivity index (χ1) is 25.3. The van der Waals surface area contributed by atoms with E-state index in [1.807, 2.05) is 114 Å². The minimum atomic E-state index is -0.421. The molecule has 45 heavy (non-hydrogen) atoms. The molecule has 3 nitrogen and oxygen atoms in total. The Bertz CT molecular complexity index is 3100. The quantitative estimate of drug-likeness (QED) is 0.197. The lowest BCUT2D eigenvalue weighted by Crippen LogP contribution is -1.97. The Hall–Kier alpha value is -6.06. The minimum Gasteiger partial charge on any atom is -0.309 e. The molecule has 3 heteroatoms. The van der Waals surface area contributed by atoms with Crippen LogP contribution >= 0.6 is 0 Å². The van der Waals surface area contributed by atoms with Crippen LogP contribution < -0.4 is 0 Å². The molecule has 3 heterocycles. The number of rotatable bonds is 3. The SMILES string of the molecule is [2H]c1c([2H])c([2H])c2c(c1[2H])c1c([2H])c(-n3c4ccccc4c4ccccc43)c([2H])c([2H])c1n2-c1ccc2c3ccccc3n(-c3ccccc3)c2c1. The first-order valence-electron chi connectivity index (χ1n) is 18.4. The van der Waals surface area contributed by atoms with Crippen LogP contribution in [0.1, 0.15) is 9.60 Å². The van der Waals surface area contributed by atoms with Crippen LogP contribution in [0.4, 0.5) is 0 Å². The summed E-state index contributed by atoms with van der Waals surface area (Å²) in [5.74, 6) is 0. The van der Waals surface area contributed by atoms with Gasteiger partial charge in [-0.3, -0.25) is 0 Å². The Morgan fingerprint density at radius 3 is 1.56 bits per heavy atom.